The fourth-order valence-corrected chi connectivity index (χ4v) is 5.77. The lowest BCUT2D eigenvalue weighted by Gasteiger charge is -2.10. The number of fused-ring (bicyclic) bond motifs is 5. The highest BCUT2D eigenvalue weighted by molar-refractivity contribution is 6.11. The second-order valence-electron chi connectivity index (χ2n) is 10.7. The number of benzene rings is 7. The van der Waals surface area contributed by atoms with Gasteiger partial charge in [0.2, 0.25) is 0 Å². The zero-order chi connectivity index (χ0) is 35.8. The van der Waals surface area contributed by atoms with Crippen LogP contribution in [-0.4, -0.2) is 15.0 Å². The molecule has 0 atom stereocenters. The van der Waals surface area contributed by atoms with Crippen LogP contribution in [0.3, 0.4) is 0 Å². The first kappa shape index (κ1) is 19.2. The first-order valence-electron chi connectivity index (χ1n) is 18.0. The van der Waals surface area contributed by atoms with Crippen LogP contribution in [0.5, 0.6) is 0 Å². The van der Waals surface area contributed by atoms with Gasteiger partial charge in [-0.3, -0.25) is 0 Å². The minimum absolute atomic E-state index is 0.0728. The van der Waals surface area contributed by atoms with Crippen molar-refractivity contribution in [3.05, 3.63) is 151 Å². The van der Waals surface area contributed by atoms with E-state index in [1.54, 1.807) is 6.07 Å². The monoisotopic (exact) mass is 582 g/mol. The molecule has 9 rings (SSSR count). The van der Waals surface area contributed by atoms with E-state index in [0.717, 1.165) is 49.4 Å². The van der Waals surface area contributed by atoms with Crippen LogP contribution in [0.25, 0.3) is 88.8 Å². The summed E-state index contributed by atoms with van der Waals surface area (Å²) < 4.78 is 65.5. The standard InChI is InChI=1S/C41H25N3O/c1-2-10-27(11-3-1)39-42-40(44-41(43-39)35-14-8-16-37-38(35)34-13-6-7-15-36(34)45-37)33-22-21-31-24-30(19-20-32(31)25-33)29-18-17-26-9-4-5-12-28(26)23-29/h1-25H/i4D,5D,9D,12D,17D,18D,23D. The van der Waals surface area contributed by atoms with E-state index in [2.05, 4.69) is 0 Å². The Morgan fingerprint density at radius 2 is 1.16 bits per heavy atom. The van der Waals surface area contributed by atoms with Gasteiger partial charge in [0.25, 0.3) is 0 Å². The molecule has 9 aromatic rings. The smallest absolute Gasteiger partial charge is 0.164 e. The molecule has 0 saturated heterocycles. The molecule has 0 radical (unpaired) electrons. The summed E-state index contributed by atoms with van der Waals surface area (Å²) in [5.74, 6) is 1.50. The molecule has 4 nitrogen and oxygen atoms in total. The molecule has 0 bridgehead atoms. The van der Waals surface area contributed by atoms with E-state index in [4.69, 9.17) is 29.0 Å². The summed E-state index contributed by atoms with van der Waals surface area (Å²) in [6.07, 6.45) is 0. The van der Waals surface area contributed by atoms with Gasteiger partial charge in [-0.15, -0.1) is 0 Å². The van der Waals surface area contributed by atoms with E-state index in [1.807, 2.05) is 103 Å². The maximum Gasteiger partial charge on any atom is 0.164 e. The van der Waals surface area contributed by atoms with Crippen LogP contribution in [-0.2, 0) is 0 Å². The van der Waals surface area contributed by atoms with Crippen molar-refractivity contribution in [3.8, 4) is 45.3 Å². The Bertz CT molecular complexity index is 2950. The highest BCUT2D eigenvalue weighted by atomic mass is 16.3. The molecule has 0 N–H and O–H groups in total. The molecule has 4 heteroatoms. The summed E-state index contributed by atoms with van der Waals surface area (Å²) in [5.41, 5.74) is 4.55. The fourth-order valence-electron chi connectivity index (χ4n) is 5.77. The van der Waals surface area contributed by atoms with Gasteiger partial charge in [-0.05, 0) is 63.0 Å². The highest BCUT2D eigenvalue weighted by Gasteiger charge is 2.17. The van der Waals surface area contributed by atoms with Crippen LogP contribution >= 0.6 is 0 Å². The van der Waals surface area contributed by atoms with Gasteiger partial charge in [-0.1, -0.05) is 121 Å². The SMILES string of the molecule is [2H]c1c([2H])c([2H])c2c([2H])c(-c3ccc4cc(-c5nc(-c6ccccc6)nc(-c6cccc7oc8ccccc8c67)n5)ccc4c3)c([2H])c([2H])c2c1[2H]. The van der Waals surface area contributed by atoms with Crippen LogP contribution in [0.2, 0.25) is 0 Å². The zero-order valence-electron chi connectivity index (χ0n) is 30.6. The second-order valence-corrected chi connectivity index (χ2v) is 10.7. The summed E-state index contributed by atoms with van der Waals surface area (Å²) >= 11 is 0. The van der Waals surface area contributed by atoms with Gasteiger partial charge in [0.15, 0.2) is 17.5 Å². The molecule has 0 fully saturated rings. The maximum absolute atomic E-state index is 8.96. The second kappa shape index (κ2) is 10.2. The number of hydrogen-bond acceptors (Lipinski definition) is 4. The first-order valence-corrected chi connectivity index (χ1v) is 14.5. The number of rotatable bonds is 4. The van der Waals surface area contributed by atoms with Crippen molar-refractivity contribution in [3.63, 3.8) is 0 Å². The molecule has 2 aromatic heterocycles. The molecular weight excluding hydrogens is 550 g/mol. The fraction of sp³-hybridized carbons (Fsp3) is 0. The van der Waals surface area contributed by atoms with E-state index in [-0.39, 0.29) is 34.5 Å². The van der Waals surface area contributed by atoms with Crippen LogP contribution in [0.1, 0.15) is 9.60 Å². The predicted molar refractivity (Wildman–Crippen MR) is 184 cm³/mol. The lowest BCUT2D eigenvalue weighted by molar-refractivity contribution is 0.669. The van der Waals surface area contributed by atoms with Crippen molar-refractivity contribution in [2.75, 3.05) is 0 Å². The molecule has 0 aliphatic carbocycles. The van der Waals surface area contributed by atoms with Crippen LogP contribution in [0, 0.1) is 0 Å². The topological polar surface area (TPSA) is 51.8 Å². The predicted octanol–water partition coefficient (Wildman–Crippen LogP) is 10.7. The number of hydrogen-bond donors (Lipinski definition) is 0. The van der Waals surface area contributed by atoms with Crippen LogP contribution in [0.4, 0.5) is 0 Å². The average Bonchev–Trinajstić information content (AvgIpc) is 3.56. The van der Waals surface area contributed by atoms with E-state index in [0.29, 0.717) is 23.0 Å². The third kappa shape index (κ3) is 4.43. The van der Waals surface area contributed by atoms with Crippen molar-refractivity contribution in [1.29, 1.82) is 0 Å². The van der Waals surface area contributed by atoms with Crippen LogP contribution in [0.15, 0.2) is 156 Å². The van der Waals surface area contributed by atoms with E-state index in [9.17, 15) is 0 Å². The quantitative estimate of drug-likeness (QED) is 0.207. The van der Waals surface area contributed by atoms with Gasteiger partial charge < -0.3 is 4.42 Å². The van der Waals surface area contributed by atoms with Crippen molar-refractivity contribution in [1.82, 2.24) is 15.0 Å². The molecule has 0 aliphatic heterocycles. The molecule has 0 spiro atoms. The van der Waals surface area contributed by atoms with Gasteiger partial charge in [0.1, 0.15) is 11.2 Å². The van der Waals surface area contributed by atoms with Gasteiger partial charge in [0, 0.05) is 27.5 Å². The molecule has 0 amide bonds. The van der Waals surface area contributed by atoms with Crippen molar-refractivity contribution < 1.29 is 14.0 Å². The van der Waals surface area contributed by atoms with Gasteiger partial charge in [-0.2, -0.15) is 0 Å². The van der Waals surface area contributed by atoms with Gasteiger partial charge in [-0.25, -0.2) is 15.0 Å². The third-order valence-corrected chi connectivity index (χ3v) is 7.95. The Morgan fingerprint density at radius 1 is 0.467 bits per heavy atom. The third-order valence-electron chi connectivity index (χ3n) is 7.95. The average molecular weight is 583 g/mol. The largest absolute Gasteiger partial charge is 0.456 e. The summed E-state index contributed by atoms with van der Waals surface area (Å²) in [4.78, 5) is 14.9. The molecule has 210 valence electrons. The Hall–Kier alpha value is -6.13. The Labute approximate surface area is 269 Å². The summed E-state index contributed by atoms with van der Waals surface area (Å²) in [5, 5.41) is 3.33. The van der Waals surface area contributed by atoms with Crippen molar-refractivity contribution in [2.24, 2.45) is 0 Å². The summed E-state index contributed by atoms with van der Waals surface area (Å²) in [6.45, 7) is 0. The number of aromatic nitrogens is 3. The van der Waals surface area contributed by atoms with E-state index < -0.39 is 24.2 Å². The van der Waals surface area contributed by atoms with E-state index >= 15 is 0 Å². The minimum atomic E-state index is -0.493. The molecule has 2 heterocycles. The van der Waals surface area contributed by atoms with Gasteiger partial charge in [0.05, 0.1) is 9.60 Å². The number of para-hydroxylation sites is 1. The summed E-state index contributed by atoms with van der Waals surface area (Å²) in [7, 11) is 0. The maximum atomic E-state index is 8.96. The molecular formula is C41H25N3O. The normalized spacial score (nSPS) is 13.7. The highest BCUT2D eigenvalue weighted by Crippen LogP contribution is 2.37. The molecule has 45 heavy (non-hydrogen) atoms. The zero-order valence-corrected chi connectivity index (χ0v) is 23.6. The van der Waals surface area contributed by atoms with E-state index in [1.165, 1.54) is 0 Å². The Kier molecular flexibility index (Phi) is 4.38. The molecule has 0 unspecified atom stereocenters. The number of nitrogens with zero attached hydrogens (tertiary/aromatic N) is 3. The summed E-state index contributed by atoms with van der Waals surface area (Å²) in [6, 6.07) is 32.1. The molecule has 0 saturated carbocycles. The van der Waals surface area contributed by atoms with Gasteiger partial charge >= 0.3 is 0 Å². The number of furan rings is 1. The van der Waals surface area contributed by atoms with Crippen LogP contribution < -0.4 is 0 Å². The lowest BCUT2D eigenvalue weighted by Crippen LogP contribution is -2.00. The minimum Gasteiger partial charge on any atom is -0.456 e. The van der Waals surface area contributed by atoms with Crippen molar-refractivity contribution in [2.45, 2.75) is 0 Å². The molecule has 7 aromatic carbocycles. The Balaban J connectivity index is 1.20. The first-order chi connectivity index (χ1) is 25.2. The lowest BCUT2D eigenvalue weighted by atomic mass is 9.98. The molecule has 0 aliphatic rings. The Morgan fingerprint density at radius 3 is 2.02 bits per heavy atom. The van der Waals surface area contributed by atoms with Crippen molar-refractivity contribution >= 4 is 43.5 Å².